The van der Waals surface area contributed by atoms with Gasteiger partial charge in [-0.3, -0.25) is 9.09 Å². The zero-order chi connectivity index (χ0) is 24.5. The predicted octanol–water partition coefficient (Wildman–Crippen LogP) is 1.30. The van der Waals surface area contributed by atoms with Crippen molar-refractivity contribution < 1.29 is 43.1 Å². The molecule has 31 heavy (non-hydrogen) atoms. The molecule has 3 unspecified atom stereocenters. The molecule has 8 atom stereocenters. The van der Waals surface area contributed by atoms with E-state index in [0.717, 1.165) is 0 Å². The number of rotatable bonds is 12. The molecule has 0 spiro atoms. The van der Waals surface area contributed by atoms with Gasteiger partial charge in [0.15, 0.2) is 12.6 Å². The zero-order valence-electron chi connectivity index (χ0n) is 20.1. The molecule has 0 amide bonds. The molecular weight excluding hydrogens is 444 g/mol. The molecule has 13 heteroatoms. The van der Waals surface area contributed by atoms with Gasteiger partial charge in [-0.25, -0.2) is 0 Å². The minimum absolute atomic E-state index is 0.00393. The highest BCUT2D eigenvalue weighted by atomic mass is 31.2. The van der Waals surface area contributed by atoms with Gasteiger partial charge in [0, 0.05) is 6.42 Å². The minimum atomic E-state index is -4.57. The molecule has 9 nitrogen and oxygen atoms in total. The van der Waals surface area contributed by atoms with Gasteiger partial charge in [0.05, 0.1) is 17.7 Å². The number of hydrogen-bond donors (Lipinski definition) is 4. The molecule has 1 heterocycles. The van der Waals surface area contributed by atoms with Crippen LogP contribution >= 0.6 is 14.8 Å². The van der Waals surface area contributed by atoms with E-state index in [0.29, 0.717) is 6.42 Å². The van der Waals surface area contributed by atoms with Crippen molar-refractivity contribution >= 4 is 30.3 Å². The van der Waals surface area contributed by atoms with E-state index in [1.165, 1.54) is 14.5 Å². The van der Waals surface area contributed by atoms with Crippen LogP contribution in [0.1, 0.15) is 73.6 Å². The number of aliphatic hydroxyl groups is 3. The van der Waals surface area contributed by atoms with E-state index in [1.807, 2.05) is 6.92 Å². The fourth-order valence-electron chi connectivity index (χ4n) is 3.72. The maximum atomic E-state index is 13.8. The highest BCUT2D eigenvalue weighted by molar-refractivity contribution is 7.84. The van der Waals surface area contributed by atoms with Gasteiger partial charge in [-0.2, -0.15) is 0 Å². The third-order valence-corrected chi connectivity index (χ3v) is 12.3. The lowest BCUT2D eigenvalue weighted by molar-refractivity contribution is -0.0364. The van der Waals surface area contributed by atoms with E-state index in [1.54, 1.807) is 35.5 Å². The first kappa shape index (κ1) is 29.3. The first-order valence-electron chi connectivity index (χ1n) is 11.0. The van der Waals surface area contributed by atoms with Gasteiger partial charge < -0.3 is 34.0 Å². The lowest BCUT2D eigenvalue weighted by atomic mass is 9.90. The lowest BCUT2D eigenvalue weighted by Crippen LogP contribution is -2.41. The van der Waals surface area contributed by atoms with Gasteiger partial charge in [0.2, 0.25) is 7.57 Å². The zero-order valence-corrected chi connectivity index (χ0v) is 21.9. The maximum absolute atomic E-state index is 13.8. The van der Waals surface area contributed by atoms with Crippen LogP contribution in [0.25, 0.3) is 0 Å². The molecule has 0 aromatic heterocycles. The first-order chi connectivity index (χ1) is 14.0. The Kier molecular flexibility index (Phi) is 9.74. The van der Waals surface area contributed by atoms with Crippen molar-refractivity contribution in [3.05, 3.63) is 0 Å². The summed E-state index contributed by atoms with van der Waals surface area (Å²) in [6.45, 7) is 9.83. The Morgan fingerprint density at radius 2 is 1.48 bits per heavy atom. The van der Waals surface area contributed by atoms with Gasteiger partial charge in [0.1, 0.15) is 25.4 Å². The fraction of sp³-hybridized carbons (Fsp3) is 1.00. The molecule has 1 aliphatic heterocycles. The van der Waals surface area contributed by atoms with E-state index >= 15 is 0 Å². The largest absolute Gasteiger partial charge is 0.388 e. The SMILES string of the molecule is B[C@@H]1O[C@H](C[C@@](C)(CC)OP(B)(=O)C(C)(CC)OP(=O)(O)C(O)(CC)CC)[C@@H](O)[C@H]1O. The molecule has 0 radical (unpaired) electrons. The summed E-state index contributed by atoms with van der Waals surface area (Å²) in [5.74, 6) is 0. The van der Waals surface area contributed by atoms with Gasteiger partial charge in [-0.05, 0) is 39.5 Å². The van der Waals surface area contributed by atoms with E-state index in [9.17, 15) is 29.3 Å². The summed E-state index contributed by atoms with van der Waals surface area (Å²) in [5, 5.41) is 27.3. The van der Waals surface area contributed by atoms with Crippen molar-refractivity contribution in [1.29, 1.82) is 0 Å². The van der Waals surface area contributed by atoms with E-state index in [-0.39, 0.29) is 25.7 Å². The molecule has 4 N–H and O–H groups in total. The van der Waals surface area contributed by atoms with E-state index < -0.39 is 55.4 Å². The van der Waals surface area contributed by atoms with E-state index in [2.05, 4.69) is 0 Å². The van der Waals surface area contributed by atoms with Gasteiger partial charge in [0.25, 0.3) is 0 Å². The molecule has 1 rings (SSSR count). The fourth-order valence-corrected chi connectivity index (χ4v) is 8.09. The van der Waals surface area contributed by atoms with Crippen LogP contribution < -0.4 is 0 Å². The monoisotopic (exact) mass is 484 g/mol. The smallest absolute Gasteiger partial charge is 0.360 e. The highest BCUT2D eigenvalue weighted by Gasteiger charge is 2.55. The van der Waals surface area contributed by atoms with Crippen LogP contribution in [0.15, 0.2) is 0 Å². The molecule has 0 bridgehead atoms. The average Bonchev–Trinajstić information content (AvgIpc) is 2.92. The van der Waals surface area contributed by atoms with Gasteiger partial charge >= 0.3 is 7.60 Å². The summed E-state index contributed by atoms with van der Waals surface area (Å²) in [6, 6.07) is -0.542. The molecule has 1 aliphatic rings. The molecule has 182 valence electrons. The molecule has 1 fully saturated rings. The Morgan fingerprint density at radius 3 is 1.84 bits per heavy atom. The van der Waals surface area contributed by atoms with Crippen molar-refractivity contribution in [2.75, 3.05) is 0 Å². The van der Waals surface area contributed by atoms with Crippen LogP contribution in [0.5, 0.6) is 0 Å². The minimum Gasteiger partial charge on any atom is -0.388 e. The van der Waals surface area contributed by atoms with E-state index in [4.69, 9.17) is 13.8 Å². The first-order valence-corrected chi connectivity index (χ1v) is 14.7. The van der Waals surface area contributed by atoms with Crippen molar-refractivity contribution in [2.24, 2.45) is 0 Å². The van der Waals surface area contributed by atoms with Crippen LogP contribution in [0.2, 0.25) is 0 Å². The number of ether oxygens (including phenoxy) is 1. The number of aliphatic hydroxyl groups excluding tert-OH is 2. The third-order valence-electron chi connectivity index (χ3n) is 6.87. The molecular formula is C18H40B2O9P2. The molecule has 0 aromatic carbocycles. The Hall–Kier alpha value is 0.310. The normalized spacial score (nSPS) is 32.6. The van der Waals surface area contributed by atoms with Crippen molar-refractivity contribution in [2.45, 2.75) is 114 Å². The van der Waals surface area contributed by atoms with Crippen LogP contribution in [0.4, 0.5) is 0 Å². The predicted molar refractivity (Wildman–Crippen MR) is 125 cm³/mol. The summed E-state index contributed by atoms with van der Waals surface area (Å²) in [7, 11) is -5.27. The molecule has 0 aliphatic carbocycles. The topological polar surface area (TPSA) is 143 Å². The second-order valence-corrected chi connectivity index (χ2v) is 14.0. The van der Waals surface area contributed by atoms with Gasteiger partial charge in [-0.1, -0.05) is 27.7 Å². The Bertz CT molecular complexity index is 708. The standard InChI is InChI=1S/C18H40B2O9P2/c1-7-16(5,11-12-13(21)14(22)15(19)27-12)28-30(20,24)17(6,8-2)29-31(25,26)18(23,9-3)10-4/h12-15,21-23H,7-11,19-20H2,1-6H3,(H,25,26)/t12-,13-,14-,15-,16-,17?,30?/m1/s1. The Labute approximate surface area is 188 Å². The van der Waals surface area contributed by atoms with Crippen LogP contribution in [-0.2, 0) is 22.9 Å². The second kappa shape index (κ2) is 10.3. The summed E-state index contributed by atoms with van der Waals surface area (Å²) < 4.78 is 44.0. The van der Waals surface area contributed by atoms with Crippen molar-refractivity contribution in [1.82, 2.24) is 0 Å². The summed E-state index contributed by atoms with van der Waals surface area (Å²) >= 11 is 0. The lowest BCUT2D eigenvalue weighted by Gasteiger charge is -2.43. The highest BCUT2D eigenvalue weighted by Crippen LogP contribution is 2.69. The summed E-state index contributed by atoms with van der Waals surface area (Å²) in [5.41, 5.74) is -1.02. The molecule has 0 aromatic rings. The Morgan fingerprint density at radius 1 is 0.968 bits per heavy atom. The van der Waals surface area contributed by atoms with Crippen molar-refractivity contribution in [3.63, 3.8) is 0 Å². The molecule has 0 saturated carbocycles. The Balaban J connectivity index is 3.17. The van der Waals surface area contributed by atoms with Crippen LogP contribution in [-0.4, -0.2) is 76.2 Å². The number of hydrogen-bond acceptors (Lipinski definition) is 8. The quantitative estimate of drug-likeness (QED) is 0.238. The molecule has 1 saturated heterocycles. The van der Waals surface area contributed by atoms with Crippen molar-refractivity contribution in [3.8, 4) is 0 Å². The van der Waals surface area contributed by atoms with Gasteiger partial charge in [-0.15, -0.1) is 0 Å². The summed E-state index contributed by atoms with van der Waals surface area (Å²) in [4.78, 5) is 10.6. The maximum Gasteiger partial charge on any atom is 0.360 e. The summed E-state index contributed by atoms with van der Waals surface area (Å²) in [6.07, 6.45) is -2.17. The average molecular weight is 484 g/mol. The third kappa shape index (κ3) is 6.06. The van der Waals surface area contributed by atoms with Crippen LogP contribution in [0.3, 0.4) is 0 Å². The van der Waals surface area contributed by atoms with Crippen LogP contribution in [0, 0.1) is 0 Å². The second-order valence-electron chi connectivity index (χ2n) is 9.14.